The van der Waals surface area contributed by atoms with E-state index in [1.165, 1.54) is 6.42 Å². The minimum Gasteiger partial charge on any atom is -0.342 e. The molecule has 106 valence electrons. The van der Waals surface area contributed by atoms with Crippen LogP contribution >= 0.6 is 0 Å². The third-order valence-electron chi connectivity index (χ3n) is 3.65. The van der Waals surface area contributed by atoms with E-state index in [9.17, 15) is 4.79 Å². The molecule has 1 atom stereocenters. The molecule has 0 aromatic carbocycles. The number of carbonyl (C=O) groups is 1. The van der Waals surface area contributed by atoms with Gasteiger partial charge in [-0.15, -0.1) is 0 Å². The van der Waals surface area contributed by atoms with E-state index < -0.39 is 0 Å². The van der Waals surface area contributed by atoms with Crippen molar-refractivity contribution in [3.63, 3.8) is 0 Å². The van der Waals surface area contributed by atoms with Crippen molar-refractivity contribution in [3.8, 4) is 0 Å². The van der Waals surface area contributed by atoms with Gasteiger partial charge in [0.2, 0.25) is 5.91 Å². The Morgan fingerprint density at radius 1 is 1.53 bits per heavy atom. The van der Waals surface area contributed by atoms with Crippen molar-refractivity contribution in [3.05, 3.63) is 11.6 Å². The predicted molar refractivity (Wildman–Crippen MR) is 73.6 cm³/mol. The highest BCUT2D eigenvalue weighted by Gasteiger charge is 2.26. The zero-order valence-electron chi connectivity index (χ0n) is 12.1. The van der Waals surface area contributed by atoms with Gasteiger partial charge in [-0.2, -0.15) is 5.10 Å². The number of carbonyl (C=O) groups excluding carboxylic acids is 1. The molecule has 1 aromatic heterocycles. The third-order valence-corrected chi connectivity index (χ3v) is 3.65. The van der Waals surface area contributed by atoms with E-state index >= 15 is 0 Å². The molecule has 0 saturated carbocycles. The lowest BCUT2D eigenvalue weighted by Crippen LogP contribution is -2.29. The molecule has 1 aliphatic heterocycles. The number of aromatic nitrogens is 3. The van der Waals surface area contributed by atoms with E-state index in [0.717, 1.165) is 37.1 Å². The molecule has 1 aliphatic rings. The SMILES string of the molecule is Cc1nc(CCC(=O)N2CC[C@@H](CC(C)C)C2)n[nH]1. The Balaban J connectivity index is 1.75. The topological polar surface area (TPSA) is 61.9 Å². The third kappa shape index (κ3) is 4.04. The van der Waals surface area contributed by atoms with Gasteiger partial charge in [0.05, 0.1) is 0 Å². The van der Waals surface area contributed by atoms with Crippen LogP contribution in [0.4, 0.5) is 0 Å². The number of likely N-dealkylation sites (tertiary alicyclic amines) is 1. The number of H-pyrrole nitrogens is 1. The number of hydrogen-bond donors (Lipinski definition) is 1. The molecule has 1 aromatic rings. The van der Waals surface area contributed by atoms with Crippen LogP contribution < -0.4 is 0 Å². The molecular formula is C14H24N4O. The summed E-state index contributed by atoms with van der Waals surface area (Å²) in [7, 11) is 0. The minimum atomic E-state index is 0.244. The van der Waals surface area contributed by atoms with Gasteiger partial charge < -0.3 is 4.90 Å². The standard InChI is InChI=1S/C14H24N4O/c1-10(2)8-12-6-7-18(9-12)14(19)5-4-13-15-11(3)16-17-13/h10,12H,4-9H2,1-3H3,(H,15,16,17)/t12-/m0/s1. The van der Waals surface area contributed by atoms with Crippen LogP contribution in [-0.4, -0.2) is 39.1 Å². The van der Waals surface area contributed by atoms with Crippen molar-refractivity contribution in [2.24, 2.45) is 11.8 Å². The fraction of sp³-hybridized carbons (Fsp3) is 0.786. The molecular weight excluding hydrogens is 240 g/mol. The molecule has 5 nitrogen and oxygen atoms in total. The highest BCUT2D eigenvalue weighted by Crippen LogP contribution is 2.23. The monoisotopic (exact) mass is 264 g/mol. The van der Waals surface area contributed by atoms with Gasteiger partial charge in [0.15, 0.2) is 5.82 Å². The maximum absolute atomic E-state index is 12.1. The van der Waals surface area contributed by atoms with Gasteiger partial charge in [0, 0.05) is 25.9 Å². The smallest absolute Gasteiger partial charge is 0.223 e. The Kier molecular flexibility index (Phi) is 4.56. The Labute approximate surface area is 114 Å². The second-order valence-electron chi connectivity index (χ2n) is 5.96. The average molecular weight is 264 g/mol. The van der Waals surface area contributed by atoms with Gasteiger partial charge in [-0.25, -0.2) is 4.98 Å². The maximum atomic E-state index is 12.1. The Hall–Kier alpha value is -1.39. The van der Waals surface area contributed by atoms with Crippen LogP contribution in [0.1, 0.15) is 44.8 Å². The first-order valence-electron chi connectivity index (χ1n) is 7.20. The van der Waals surface area contributed by atoms with Gasteiger partial charge >= 0.3 is 0 Å². The fourth-order valence-electron chi connectivity index (χ4n) is 2.80. The van der Waals surface area contributed by atoms with E-state index in [4.69, 9.17) is 0 Å². The maximum Gasteiger partial charge on any atom is 0.223 e. The normalized spacial score (nSPS) is 19.4. The molecule has 0 bridgehead atoms. The van der Waals surface area contributed by atoms with Crippen LogP contribution in [0.25, 0.3) is 0 Å². The van der Waals surface area contributed by atoms with Crippen molar-refractivity contribution < 1.29 is 4.79 Å². The van der Waals surface area contributed by atoms with Crippen molar-refractivity contribution in [1.82, 2.24) is 20.1 Å². The zero-order chi connectivity index (χ0) is 13.8. The summed E-state index contributed by atoms with van der Waals surface area (Å²) in [5.41, 5.74) is 0. The number of nitrogens with one attached hydrogen (secondary N) is 1. The molecule has 2 rings (SSSR count). The van der Waals surface area contributed by atoms with E-state index in [1.54, 1.807) is 0 Å². The predicted octanol–water partition coefficient (Wildman–Crippen LogP) is 1.94. The van der Waals surface area contributed by atoms with Crippen LogP contribution in [-0.2, 0) is 11.2 Å². The summed E-state index contributed by atoms with van der Waals surface area (Å²) in [6.45, 7) is 8.22. The Morgan fingerprint density at radius 3 is 2.95 bits per heavy atom. The van der Waals surface area contributed by atoms with Gasteiger partial charge in [0.1, 0.15) is 5.82 Å². The van der Waals surface area contributed by atoms with Crippen molar-refractivity contribution in [1.29, 1.82) is 0 Å². The first-order chi connectivity index (χ1) is 9.04. The molecule has 5 heteroatoms. The first kappa shape index (κ1) is 14.0. The molecule has 0 spiro atoms. The molecule has 0 radical (unpaired) electrons. The molecule has 19 heavy (non-hydrogen) atoms. The lowest BCUT2D eigenvalue weighted by molar-refractivity contribution is -0.130. The Morgan fingerprint density at radius 2 is 2.32 bits per heavy atom. The summed E-state index contributed by atoms with van der Waals surface area (Å²) in [5, 5.41) is 6.87. The quantitative estimate of drug-likeness (QED) is 0.884. The minimum absolute atomic E-state index is 0.244. The molecule has 2 heterocycles. The van der Waals surface area contributed by atoms with Crippen molar-refractivity contribution in [2.75, 3.05) is 13.1 Å². The van der Waals surface area contributed by atoms with Crippen LogP contribution in [0.3, 0.4) is 0 Å². The molecule has 0 unspecified atom stereocenters. The molecule has 1 N–H and O–H groups in total. The van der Waals surface area contributed by atoms with Crippen LogP contribution in [0, 0.1) is 18.8 Å². The number of aryl methyl sites for hydroxylation is 2. The second kappa shape index (κ2) is 6.17. The van der Waals surface area contributed by atoms with Crippen LogP contribution in [0.5, 0.6) is 0 Å². The van der Waals surface area contributed by atoms with Gasteiger partial charge in [-0.1, -0.05) is 13.8 Å². The van der Waals surface area contributed by atoms with E-state index in [1.807, 2.05) is 11.8 Å². The van der Waals surface area contributed by atoms with Crippen molar-refractivity contribution in [2.45, 2.75) is 46.5 Å². The second-order valence-corrected chi connectivity index (χ2v) is 5.96. The number of amides is 1. The van der Waals surface area contributed by atoms with Gasteiger partial charge in [0.25, 0.3) is 0 Å². The highest BCUT2D eigenvalue weighted by molar-refractivity contribution is 5.76. The molecule has 1 fully saturated rings. The van der Waals surface area contributed by atoms with Crippen LogP contribution in [0.2, 0.25) is 0 Å². The number of nitrogens with zero attached hydrogens (tertiary/aromatic N) is 3. The number of rotatable bonds is 5. The summed E-state index contributed by atoms with van der Waals surface area (Å²) in [6, 6.07) is 0. The van der Waals surface area contributed by atoms with E-state index in [0.29, 0.717) is 18.8 Å². The lowest BCUT2D eigenvalue weighted by Gasteiger charge is -2.17. The summed E-state index contributed by atoms with van der Waals surface area (Å²) in [6.07, 6.45) is 3.54. The first-order valence-corrected chi connectivity index (χ1v) is 7.20. The largest absolute Gasteiger partial charge is 0.342 e. The van der Waals surface area contributed by atoms with E-state index in [2.05, 4.69) is 29.0 Å². The highest BCUT2D eigenvalue weighted by atomic mass is 16.2. The van der Waals surface area contributed by atoms with Crippen LogP contribution in [0.15, 0.2) is 0 Å². The lowest BCUT2D eigenvalue weighted by atomic mass is 9.97. The van der Waals surface area contributed by atoms with Crippen molar-refractivity contribution >= 4 is 5.91 Å². The molecule has 1 amide bonds. The Bertz CT molecular complexity index is 427. The number of hydrogen-bond acceptors (Lipinski definition) is 3. The fourth-order valence-corrected chi connectivity index (χ4v) is 2.80. The summed E-state index contributed by atoms with van der Waals surface area (Å²) < 4.78 is 0. The van der Waals surface area contributed by atoms with Gasteiger partial charge in [-0.3, -0.25) is 9.89 Å². The molecule has 1 saturated heterocycles. The van der Waals surface area contributed by atoms with Gasteiger partial charge in [-0.05, 0) is 31.6 Å². The summed E-state index contributed by atoms with van der Waals surface area (Å²) in [5.74, 6) is 3.20. The number of aromatic amines is 1. The zero-order valence-corrected chi connectivity index (χ0v) is 12.1. The van der Waals surface area contributed by atoms with E-state index in [-0.39, 0.29) is 5.91 Å². The summed E-state index contributed by atoms with van der Waals surface area (Å²) in [4.78, 5) is 18.3. The average Bonchev–Trinajstić information content (AvgIpc) is 2.95. The summed E-state index contributed by atoms with van der Waals surface area (Å²) >= 11 is 0. The molecule has 0 aliphatic carbocycles.